The van der Waals surface area contributed by atoms with Crippen molar-refractivity contribution in [1.29, 1.82) is 0 Å². The van der Waals surface area contributed by atoms with E-state index in [1.807, 2.05) is 53.4 Å². The summed E-state index contributed by atoms with van der Waals surface area (Å²) in [6, 6.07) is 18.1. The molecule has 1 aliphatic carbocycles. The normalized spacial score (nSPS) is 21.7. The summed E-state index contributed by atoms with van der Waals surface area (Å²) in [5.74, 6) is 2.11. The number of amidine groups is 1. The molecule has 1 aliphatic rings. The van der Waals surface area contributed by atoms with E-state index in [0.717, 1.165) is 35.5 Å². The molecule has 0 unspecified atom stereocenters. The molecule has 2 aromatic carbocycles. The summed E-state index contributed by atoms with van der Waals surface area (Å²) in [6.45, 7) is 8.93. The van der Waals surface area contributed by atoms with Gasteiger partial charge in [0.2, 0.25) is 0 Å². The van der Waals surface area contributed by atoms with Crippen molar-refractivity contribution < 1.29 is 9.53 Å². The lowest BCUT2D eigenvalue weighted by Crippen LogP contribution is -2.41. The van der Waals surface area contributed by atoms with E-state index in [0.29, 0.717) is 17.8 Å². The number of aliphatic imine (C=N–C) groups is 1. The molecule has 2 aromatic rings. The second kappa shape index (κ2) is 10.6. The largest absolute Gasteiger partial charge is 0.461 e. The quantitative estimate of drug-likeness (QED) is 0.333. The zero-order valence-electron chi connectivity index (χ0n) is 19.5. The number of hydrogen-bond donors (Lipinski definition) is 0. The van der Waals surface area contributed by atoms with Crippen LogP contribution in [-0.2, 0) is 9.53 Å². The Labute approximate surface area is 187 Å². The zero-order chi connectivity index (χ0) is 22.4. The number of aryl methyl sites for hydroxylation is 1. The van der Waals surface area contributed by atoms with E-state index in [9.17, 15) is 4.79 Å². The van der Waals surface area contributed by atoms with Crippen LogP contribution in [0.15, 0.2) is 59.6 Å². The highest BCUT2D eigenvalue weighted by atomic mass is 16.5. The van der Waals surface area contributed by atoms with E-state index in [1.54, 1.807) is 7.05 Å². The van der Waals surface area contributed by atoms with Gasteiger partial charge in [0.1, 0.15) is 18.5 Å². The van der Waals surface area contributed by atoms with Crippen molar-refractivity contribution in [1.82, 2.24) is 0 Å². The molecule has 4 heteroatoms. The Kier molecular flexibility index (Phi) is 7.89. The molecule has 166 valence electrons. The molecule has 0 N–H and O–H groups in total. The Hall–Kier alpha value is -2.62. The molecular formula is C27H36N2O2. The van der Waals surface area contributed by atoms with Crippen LogP contribution >= 0.6 is 0 Å². The van der Waals surface area contributed by atoms with Crippen LogP contribution in [-0.4, -0.2) is 31.5 Å². The van der Waals surface area contributed by atoms with Crippen LogP contribution < -0.4 is 4.90 Å². The predicted octanol–water partition coefficient (Wildman–Crippen LogP) is 5.88. The summed E-state index contributed by atoms with van der Waals surface area (Å²) < 4.78 is 6.12. The summed E-state index contributed by atoms with van der Waals surface area (Å²) in [6.07, 6.45) is 3.29. The molecule has 0 aromatic heterocycles. The van der Waals surface area contributed by atoms with Crippen LogP contribution in [0.4, 0.5) is 5.69 Å². The lowest BCUT2D eigenvalue weighted by atomic mass is 9.75. The minimum Gasteiger partial charge on any atom is -0.461 e. The van der Waals surface area contributed by atoms with Crippen LogP contribution in [0.3, 0.4) is 0 Å². The Balaban J connectivity index is 1.86. The molecule has 0 aliphatic heterocycles. The van der Waals surface area contributed by atoms with Gasteiger partial charge in [0.15, 0.2) is 0 Å². The predicted molar refractivity (Wildman–Crippen MR) is 129 cm³/mol. The van der Waals surface area contributed by atoms with Gasteiger partial charge in [-0.3, -0.25) is 9.79 Å². The van der Waals surface area contributed by atoms with E-state index in [1.165, 1.54) is 6.42 Å². The van der Waals surface area contributed by atoms with Gasteiger partial charge in [-0.15, -0.1) is 0 Å². The van der Waals surface area contributed by atoms with Crippen molar-refractivity contribution in [3.8, 4) is 0 Å². The highest BCUT2D eigenvalue weighted by Crippen LogP contribution is 2.35. The van der Waals surface area contributed by atoms with E-state index in [4.69, 9.17) is 4.74 Å². The SMILES string of the molecule is CN=C(c1ccccc1)N(CC(=O)O[C@@H]1C[C@H](C)CC[C@H]1C(C)C)c1ccccc1C. The summed E-state index contributed by atoms with van der Waals surface area (Å²) in [4.78, 5) is 19.8. The van der Waals surface area contributed by atoms with Gasteiger partial charge >= 0.3 is 5.97 Å². The minimum absolute atomic E-state index is 0.00582. The first-order chi connectivity index (χ1) is 14.9. The highest BCUT2D eigenvalue weighted by molar-refractivity contribution is 6.12. The Morgan fingerprint density at radius 1 is 1.10 bits per heavy atom. The number of carbonyl (C=O) groups is 1. The second-order valence-electron chi connectivity index (χ2n) is 9.14. The molecule has 0 heterocycles. The lowest BCUT2D eigenvalue weighted by Gasteiger charge is -2.37. The third-order valence-corrected chi connectivity index (χ3v) is 6.44. The van der Waals surface area contributed by atoms with Crippen LogP contribution in [0.25, 0.3) is 0 Å². The van der Waals surface area contributed by atoms with Crippen LogP contribution in [0.2, 0.25) is 0 Å². The number of para-hydroxylation sites is 1. The maximum Gasteiger partial charge on any atom is 0.326 e. The molecular weight excluding hydrogens is 384 g/mol. The molecule has 4 nitrogen and oxygen atoms in total. The molecule has 1 saturated carbocycles. The van der Waals surface area contributed by atoms with Crippen molar-refractivity contribution in [3.63, 3.8) is 0 Å². The van der Waals surface area contributed by atoms with E-state index in [2.05, 4.69) is 38.8 Å². The third kappa shape index (κ3) is 5.75. The molecule has 0 saturated heterocycles. The first-order valence-corrected chi connectivity index (χ1v) is 11.5. The number of carbonyl (C=O) groups excluding carboxylic acids is 1. The van der Waals surface area contributed by atoms with Gasteiger partial charge in [-0.1, -0.05) is 75.7 Å². The Morgan fingerprint density at radius 2 is 1.77 bits per heavy atom. The van der Waals surface area contributed by atoms with Crippen LogP contribution in [0.1, 0.15) is 51.2 Å². The van der Waals surface area contributed by atoms with Gasteiger partial charge < -0.3 is 9.64 Å². The fraction of sp³-hybridized carbons (Fsp3) is 0.481. The van der Waals surface area contributed by atoms with Gasteiger partial charge in [0.25, 0.3) is 0 Å². The van der Waals surface area contributed by atoms with Crippen molar-refractivity contribution in [2.75, 3.05) is 18.5 Å². The maximum absolute atomic E-state index is 13.2. The van der Waals surface area contributed by atoms with E-state index in [-0.39, 0.29) is 18.6 Å². The van der Waals surface area contributed by atoms with Crippen molar-refractivity contribution in [2.45, 2.75) is 53.1 Å². The van der Waals surface area contributed by atoms with Crippen molar-refractivity contribution in [3.05, 3.63) is 65.7 Å². The molecule has 0 radical (unpaired) electrons. The summed E-state index contributed by atoms with van der Waals surface area (Å²) >= 11 is 0. The van der Waals surface area contributed by atoms with Gasteiger partial charge in [0.05, 0.1) is 0 Å². The number of hydrogen-bond acceptors (Lipinski definition) is 3. The molecule has 3 atom stereocenters. The maximum atomic E-state index is 13.2. The van der Waals surface area contributed by atoms with Gasteiger partial charge in [-0.2, -0.15) is 0 Å². The zero-order valence-corrected chi connectivity index (χ0v) is 19.5. The first-order valence-electron chi connectivity index (χ1n) is 11.5. The second-order valence-corrected chi connectivity index (χ2v) is 9.14. The van der Waals surface area contributed by atoms with Crippen molar-refractivity contribution >= 4 is 17.5 Å². The van der Waals surface area contributed by atoms with E-state index < -0.39 is 0 Å². The number of anilines is 1. The topological polar surface area (TPSA) is 41.9 Å². The van der Waals surface area contributed by atoms with Gasteiger partial charge in [-0.05, 0) is 49.1 Å². The van der Waals surface area contributed by atoms with Gasteiger partial charge in [-0.25, -0.2) is 0 Å². The highest BCUT2D eigenvalue weighted by Gasteiger charge is 2.34. The molecule has 1 fully saturated rings. The fourth-order valence-electron chi connectivity index (χ4n) is 4.72. The molecule has 0 bridgehead atoms. The summed E-state index contributed by atoms with van der Waals surface area (Å²) in [7, 11) is 1.77. The standard InChI is InChI=1S/C27H36N2O2/c1-19(2)23-16-15-20(3)17-25(23)31-26(30)18-29(24-14-10-9-11-21(24)4)27(28-5)22-12-7-6-8-13-22/h6-14,19-20,23,25H,15-18H2,1-5H3/t20-,23+,25-/m1/s1. The number of ether oxygens (including phenoxy) is 1. The molecule has 3 rings (SSSR count). The number of nitrogens with zero attached hydrogens (tertiary/aromatic N) is 2. The van der Waals surface area contributed by atoms with E-state index >= 15 is 0 Å². The molecule has 31 heavy (non-hydrogen) atoms. The summed E-state index contributed by atoms with van der Waals surface area (Å²) in [5, 5.41) is 0. The minimum atomic E-state index is -0.190. The van der Waals surface area contributed by atoms with Gasteiger partial charge in [0, 0.05) is 18.3 Å². The summed E-state index contributed by atoms with van der Waals surface area (Å²) in [5.41, 5.74) is 3.05. The molecule has 0 amide bonds. The lowest BCUT2D eigenvalue weighted by molar-refractivity contribution is -0.154. The average Bonchev–Trinajstić information content (AvgIpc) is 2.74. The smallest absolute Gasteiger partial charge is 0.326 e. The van der Waals surface area contributed by atoms with Crippen LogP contribution in [0.5, 0.6) is 0 Å². The number of rotatable bonds is 6. The average molecular weight is 421 g/mol. The van der Waals surface area contributed by atoms with Crippen LogP contribution in [0, 0.1) is 24.7 Å². The Bertz CT molecular complexity index is 891. The monoisotopic (exact) mass is 420 g/mol. The molecule has 0 spiro atoms. The Morgan fingerprint density at radius 3 is 2.42 bits per heavy atom. The number of benzene rings is 2. The number of esters is 1. The van der Waals surface area contributed by atoms with Crippen molar-refractivity contribution in [2.24, 2.45) is 22.7 Å². The fourth-order valence-corrected chi connectivity index (χ4v) is 4.72. The third-order valence-electron chi connectivity index (χ3n) is 6.44. The first kappa shape index (κ1) is 23.1.